The van der Waals surface area contributed by atoms with Crippen LogP contribution in [0.3, 0.4) is 0 Å². The zero-order valence-electron chi connectivity index (χ0n) is 11.4. The second-order valence-corrected chi connectivity index (χ2v) is 8.05. The Morgan fingerprint density at radius 1 is 1.11 bits per heavy atom. The predicted octanol–water partition coefficient (Wildman–Crippen LogP) is 1.69. The van der Waals surface area contributed by atoms with Gasteiger partial charge in [0.15, 0.2) is 0 Å². The Kier molecular flexibility index (Phi) is 4.50. The lowest BCUT2D eigenvalue weighted by atomic mass is 10.0. The van der Waals surface area contributed by atoms with Gasteiger partial charge in [-0.1, -0.05) is 13.3 Å². The molecule has 0 aromatic carbocycles. The lowest BCUT2D eigenvalue weighted by molar-refractivity contribution is -0.141. The normalized spacial score (nSPS) is 34.1. The number of rotatable bonds is 3. The molecular formula is C13H23NO4S. The lowest BCUT2D eigenvalue weighted by Gasteiger charge is -2.26. The quantitative estimate of drug-likeness (QED) is 0.858. The van der Waals surface area contributed by atoms with E-state index in [9.17, 15) is 13.2 Å². The van der Waals surface area contributed by atoms with Crippen molar-refractivity contribution in [3.05, 3.63) is 0 Å². The van der Waals surface area contributed by atoms with Crippen molar-refractivity contribution in [2.45, 2.75) is 50.7 Å². The minimum atomic E-state index is -3.45. The van der Waals surface area contributed by atoms with Gasteiger partial charge >= 0.3 is 5.97 Å². The number of carbonyl (C=O) groups is 1. The van der Waals surface area contributed by atoms with Gasteiger partial charge in [-0.05, 0) is 38.0 Å². The fourth-order valence-corrected chi connectivity index (χ4v) is 5.51. The largest absolute Gasteiger partial charge is 0.481 e. The van der Waals surface area contributed by atoms with E-state index in [0.717, 1.165) is 19.3 Å². The number of carboxylic acid groups (broad SMARTS) is 1. The molecular weight excluding hydrogens is 266 g/mol. The van der Waals surface area contributed by atoms with Crippen LogP contribution in [0.15, 0.2) is 0 Å². The molecule has 19 heavy (non-hydrogen) atoms. The van der Waals surface area contributed by atoms with Gasteiger partial charge in [0.25, 0.3) is 0 Å². The first kappa shape index (κ1) is 14.8. The highest BCUT2D eigenvalue weighted by molar-refractivity contribution is 7.89. The Morgan fingerprint density at radius 2 is 1.84 bits per heavy atom. The Bertz CT molecular complexity index is 434. The van der Waals surface area contributed by atoms with E-state index in [1.807, 2.05) is 0 Å². The minimum absolute atomic E-state index is 0.490. The molecule has 2 aliphatic rings. The topological polar surface area (TPSA) is 74.7 Å². The molecule has 3 atom stereocenters. The number of hydrogen-bond donors (Lipinski definition) is 1. The maximum atomic E-state index is 12.6. The van der Waals surface area contributed by atoms with E-state index in [-0.39, 0.29) is 0 Å². The Morgan fingerprint density at radius 3 is 2.53 bits per heavy atom. The molecule has 2 rings (SSSR count). The minimum Gasteiger partial charge on any atom is -0.481 e. The van der Waals surface area contributed by atoms with Crippen LogP contribution < -0.4 is 0 Å². The smallest absolute Gasteiger partial charge is 0.307 e. The van der Waals surface area contributed by atoms with E-state index in [1.54, 1.807) is 4.31 Å². The van der Waals surface area contributed by atoms with Crippen molar-refractivity contribution in [3.63, 3.8) is 0 Å². The fraction of sp³-hybridized carbons (Fsp3) is 0.923. The monoisotopic (exact) mass is 289 g/mol. The fourth-order valence-electron chi connectivity index (χ4n) is 3.25. The van der Waals surface area contributed by atoms with Crippen LogP contribution in [0.25, 0.3) is 0 Å². The van der Waals surface area contributed by atoms with Crippen LogP contribution in [-0.2, 0) is 14.8 Å². The number of carboxylic acids is 1. The molecule has 1 N–H and O–H groups in total. The summed E-state index contributed by atoms with van der Waals surface area (Å²) in [5.41, 5.74) is 0. The number of nitrogens with zero attached hydrogens (tertiary/aromatic N) is 1. The highest BCUT2D eigenvalue weighted by Crippen LogP contribution is 2.34. The molecule has 3 unspecified atom stereocenters. The standard InChI is InChI=1S/C13H23NO4S/c1-10-4-3-8-14(9-7-10)19(17,18)12-6-2-5-11(12)13(15)16/h10-12H,2-9H2,1H3,(H,15,16). The summed E-state index contributed by atoms with van der Waals surface area (Å²) in [6.07, 6.45) is 4.49. The van der Waals surface area contributed by atoms with Gasteiger partial charge in [-0.3, -0.25) is 4.79 Å². The van der Waals surface area contributed by atoms with Crippen molar-refractivity contribution in [2.75, 3.05) is 13.1 Å². The van der Waals surface area contributed by atoms with E-state index >= 15 is 0 Å². The van der Waals surface area contributed by atoms with Gasteiger partial charge in [0.1, 0.15) is 0 Å². The molecule has 1 saturated carbocycles. The first-order valence-electron chi connectivity index (χ1n) is 7.14. The molecule has 0 spiro atoms. The molecule has 110 valence electrons. The molecule has 5 nitrogen and oxygen atoms in total. The number of aliphatic carboxylic acids is 1. The Labute approximate surface area is 115 Å². The molecule has 1 saturated heterocycles. The summed E-state index contributed by atoms with van der Waals surface area (Å²) in [6.45, 7) is 3.24. The first-order valence-corrected chi connectivity index (χ1v) is 8.65. The third-order valence-corrected chi connectivity index (χ3v) is 6.90. The molecule has 1 heterocycles. The number of sulfonamides is 1. The van der Waals surface area contributed by atoms with Crippen LogP contribution in [0.1, 0.15) is 45.4 Å². The van der Waals surface area contributed by atoms with Gasteiger partial charge in [0.2, 0.25) is 10.0 Å². The number of hydrogen-bond acceptors (Lipinski definition) is 3. The zero-order valence-corrected chi connectivity index (χ0v) is 12.2. The van der Waals surface area contributed by atoms with Crippen LogP contribution in [0.5, 0.6) is 0 Å². The summed E-state index contributed by atoms with van der Waals surface area (Å²) < 4.78 is 26.8. The lowest BCUT2D eigenvalue weighted by Crippen LogP contribution is -2.42. The third kappa shape index (κ3) is 3.11. The van der Waals surface area contributed by atoms with Gasteiger partial charge < -0.3 is 5.11 Å². The van der Waals surface area contributed by atoms with E-state index in [1.165, 1.54) is 0 Å². The summed E-state index contributed by atoms with van der Waals surface area (Å²) in [4.78, 5) is 11.2. The first-order chi connectivity index (χ1) is 8.93. The summed E-state index contributed by atoms with van der Waals surface area (Å²) >= 11 is 0. The van der Waals surface area contributed by atoms with E-state index < -0.39 is 27.2 Å². The molecule has 0 amide bonds. The molecule has 0 aromatic heterocycles. The van der Waals surface area contributed by atoms with Crippen molar-refractivity contribution >= 4 is 16.0 Å². The molecule has 6 heteroatoms. The summed E-state index contributed by atoms with van der Waals surface area (Å²) in [5, 5.41) is 8.45. The zero-order chi connectivity index (χ0) is 14.0. The van der Waals surface area contributed by atoms with Crippen molar-refractivity contribution in [2.24, 2.45) is 11.8 Å². The summed E-state index contributed by atoms with van der Waals surface area (Å²) in [7, 11) is -3.45. The van der Waals surface area contributed by atoms with Gasteiger partial charge in [-0.15, -0.1) is 0 Å². The second-order valence-electron chi connectivity index (χ2n) is 5.89. The van der Waals surface area contributed by atoms with Gasteiger partial charge in [0.05, 0.1) is 11.2 Å². The molecule has 0 bridgehead atoms. The van der Waals surface area contributed by atoms with Crippen LogP contribution in [0.2, 0.25) is 0 Å². The van der Waals surface area contributed by atoms with Crippen molar-refractivity contribution in [1.29, 1.82) is 0 Å². The van der Waals surface area contributed by atoms with E-state index in [4.69, 9.17) is 5.11 Å². The highest BCUT2D eigenvalue weighted by atomic mass is 32.2. The Hall–Kier alpha value is -0.620. The SMILES string of the molecule is CC1CCCN(S(=O)(=O)C2CCCC2C(=O)O)CC1. The van der Waals surface area contributed by atoms with Crippen LogP contribution in [0.4, 0.5) is 0 Å². The van der Waals surface area contributed by atoms with Gasteiger partial charge in [0, 0.05) is 13.1 Å². The van der Waals surface area contributed by atoms with Crippen molar-refractivity contribution in [3.8, 4) is 0 Å². The van der Waals surface area contributed by atoms with Crippen molar-refractivity contribution in [1.82, 2.24) is 4.31 Å². The molecule has 1 aliphatic heterocycles. The predicted molar refractivity (Wildman–Crippen MR) is 72.3 cm³/mol. The summed E-state index contributed by atoms with van der Waals surface area (Å²) in [5.74, 6) is -1.13. The van der Waals surface area contributed by atoms with Crippen LogP contribution in [-0.4, -0.2) is 42.1 Å². The average Bonchev–Trinajstić information content (AvgIpc) is 2.73. The second kappa shape index (κ2) is 5.79. The van der Waals surface area contributed by atoms with Crippen LogP contribution >= 0.6 is 0 Å². The van der Waals surface area contributed by atoms with E-state index in [2.05, 4.69) is 6.92 Å². The van der Waals surface area contributed by atoms with E-state index in [0.29, 0.717) is 38.3 Å². The highest BCUT2D eigenvalue weighted by Gasteiger charge is 2.44. The van der Waals surface area contributed by atoms with Gasteiger partial charge in [-0.25, -0.2) is 12.7 Å². The van der Waals surface area contributed by atoms with Crippen LogP contribution in [0, 0.1) is 11.8 Å². The maximum absolute atomic E-state index is 12.6. The average molecular weight is 289 g/mol. The maximum Gasteiger partial charge on any atom is 0.307 e. The molecule has 0 aromatic rings. The third-order valence-electron chi connectivity index (χ3n) is 4.49. The molecule has 2 fully saturated rings. The molecule has 1 aliphatic carbocycles. The van der Waals surface area contributed by atoms with Crippen molar-refractivity contribution < 1.29 is 18.3 Å². The Balaban J connectivity index is 2.14. The summed E-state index contributed by atoms with van der Waals surface area (Å²) in [6, 6.07) is 0. The van der Waals surface area contributed by atoms with Gasteiger partial charge in [-0.2, -0.15) is 0 Å². The molecule has 0 radical (unpaired) electrons.